The summed E-state index contributed by atoms with van der Waals surface area (Å²) in [5.74, 6) is -0.430. The molecule has 0 aliphatic heterocycles. The Labute approximate surface area is 262 Å². The number of anilines is 2. The predicted molar refractivity (Wildman–Crippen MR) is 175 cm³/mol. The summed E-state index contributed by atoms with van der Waals surface area (Å²) in [7, 11) is 3.00. The van der Waals surface area contributed by atoms with Crippen LogP contribution in [0, 0.1) is 13.8 Å². The van der Waals surface area contributed by atoms with Gasteiger partial charge in [-0.3, -0.25) is 14.6 Å². The standard InChI is InChI=1S/C37H33N3O5/c1-24-9-12-26(13-10-24)31-7-5-6-8-32(31)35(41)39-29-17-14-27(15-18-29)36(42)40(3)33-20-11-25(2)21-34(33)45-23-30-19-16-28(22-38-30)37(43)44-4/h5-22H,23H2,1-4H3,(H,39,41). The summed E-state index contributed by atoms with van der Waals surface area (Å²) in [4.78, 5) is 44.2. The maximum absolute atomic E-state index is 13.5. The van der Waals surface area contributed by atoms with Gasteiger partial charge in [0.2, 0.25) is 0 Å². The number of amides is 2. The lowest BCUT2D eigenvalue weighted by Crippen LogP contribution is -2.26. The molecule has 0 spiro atoms. The number of nitrogens with zero attached hydrogens (tertiary/aromatic N) is 2. The minimum absolute atomic E-state index is 0.140. The van der Waals surface area contributed by atoms with Gasteiger partial charge in [0.15, 0.2) is 0 Å². The van der Waals surface area contributed by atoms with Crippen LogP contribution in [0.4, 0.5) is 11.4 Å². The molecule has 0 bridgehead atoms. The molecular weight excluding hydrogens is 566 g/mol. The van der Waals surface area contributed by atoms with Gasteiger partial charge in [-0.25, -0.2) is 4.79 Å². The topological polar surface area (TPSA) is 97.8 Å². The van der Waals surface area contributed by atoms with E-state index in [9.17, 15) is 14.4 Å². The van der Waals surface area contributed by atoms with Crippen molar-refractivity contribution < 1.29 is 23.9 Å². The molecule has 45 heavy (non-hydrogen) atoms. The zero-order valence-electron chi connectivity index (χ0n) is 25.5. The molecule has 5 aromatic rings. The zero-order valence-corrected chi connectivity index (χ0v) is 25.5. The van der Waals surface area contributed by atoms with Gasteiger partial charge < -0.3 is 19.7 Å². The van der Waals surface area contributed by atoms with E-state index < -0.39 is 5.97 Å². The quantitative estimate of drug-likeness (QED) is 0.179. The molecule has 2 amide bonds. The lowest BCUT2D eigenvalue weighted by Gasteiger charge is -2.21. The first-order valence-corrected chi connectivity index (χ1v) is 14.4. The number of hydrogen-bond acceptors (Lipinski definition) is 6. The third-order valence-electron chi connectivity index (χ3n) is 7.33. The Kier molecular flexibility index (Phi) is 9.34. The summed E-state index contributed by atoms with van der Waals surface area (Å²) < 4.78 is 10.8. The van der Waals surface area contributed by atoms with Crippen molar-refractivity contribution in [2.45, 2.75) is 20.5 Å². The van der Waals surface area contributed by atoms with Crippen LogP contribution in [0.25, 0.3) is 11.1 Å². The first-order chi connectivity index (χ1) is 21.7. The molecule has 8 nitrogen and oxygen atoms in total. The number of ether oxygens (including phenoxy) is 2. The van der Waals surface area contributed by atoms with E-state index in [2.05, 4.69) is 10.3 Å². The Morgan fingerprint density at radius 3 is 2.18 bits per heavy atom. The maximum Gasteiger partial charge on any atom is 0.339 e. The van der Waals surface area contributed by atoms with Gasteiger partial charge in [0.25, 0.3) is 11.8 Å². The SMILES string of the molecule is COC(=O)c1ccc(COc2cc(C)ccc2N(C)C(=O)c2ccc(NC(=O)c3ccccc3-c3ccc(C)cc3)cc2)nc1. The second kappa shape index (κ2) is 13.7. The van der Waals surface area contributed by atoms with Gasteiger partial charge >= 0.3 is 5.97 Å². The van der Waals surface area contributed by atoms with Crippen molar-refractivity contribution in [1.82, 2.24) is 4.98 Å². The van der Waals surface area contributed by atoms with E-state index in [4.69, 9.17) is 9.47 Å². The number of methoxy groups -OCH3 is 1. The molecule has 0 saturated heterocycles. The van der Waals surface area contributed by atoms with Crippen molar-refractivity contribution in [3.63, 3.8) is 0 Å². The second-order valence-corrected chi connectivity index (χ2v) is 10.6. The number of aryl methyl sites for hydroxylation is 2. The van der Waals surface area contributed by atoms with Gasteiger partial charge in [-0.05, 0) is 85.1 Å². The zero-order chi connectivity index (χ0) is 31.9. The molecule has 4 aromatic carbocycles. The van der Waals surface area contributed by atoms with E-state index in [1.54, 1.807) is 49.5 Å². The third-order valence-corrected chi connectivity index (χ3v) is 7.33. The smallest absolute Gasteiger partial charge is 0.339 e. The molecule has 0 saturated carbocycles. The van der Waals surface area contributed by atoms with E-state index in [0.717, 1.165) is 22.3 Å². The van der Waals surface area contributed by atoms with Crippen LogP contribution in [0.15, 0.2) is 109 Å². The molecule has 226 valence electrons. The van der Waals surface area contributed by atoms with Crippen LogP contribution >= 0.6 is 0 Å². The third kappa shape index (κ3) is 7.25. The maximum atomic E-state index is 13.5. The minimum atomic E-state index is -0.463. The number of pyridine rings is 1. The van der Waals surface area contributed by atoms with Crippen LogP contribution in [-0.2, 0) is 11.3 Å². The van der Waals surface area contributed by atoms with Gasteiger partial charge in [-0.15, -0.1) is 0 Å². The summed E-state index contributed by atoms with van der Waals surface area (Å²) in [6, 6.07) is 31.2. The molecular formula is C37H33N3O5. The molecule has 0 radical (unpaired) electrons. The first kappa shape index (κ1) is 30.7. The number of carbonyl (C=O) groups excluding carboxylic acids is 3. The Morgan fingerprint density at radius 1 is 0.800 bits per heavy atom. The van der Waals surface area contributed by atoms with E-state index in [0.29, 0.717) is 39.5 Å². The molecule has 1 heterocycles. The Bertz CT molecular complexity index is 1830. The highest BCUT2D eigenvalue weighted by Crippen LogP contribution is 2.31. The summed E-state index contributed by atoms with van der Waals surface area (Å²) in [6.45, 7) is 4.10. The molecule has 0 aliphatic carbocycles. The number of aromatic nitrogens is 1. The molecule has 5 rings (SSSR count). The predicted octanol–water partition coefficient (Wildman–Crippen LogP) is 7.26. The van der Waals surface area contributed by atoms with Gasteiger partial charge in [0, 0.05) is 30.1 Å². The monoisotopic (exact) mass is 599 g/mol. The minimum Gasteiger partial charge on any atom is -0.485 e. The summed E-state index contributed by atoms with van der Waals surface area (Å²) >= 11 is 0. The fourth-order valence-corrected chi connectivity index (χ4v) is 4.78. The summed E-state index contributed by atoms with van der Waals surface area (Å²) in [5, 5.41) is 2.95. The van der Waals surface area contributed by atoms with Crippen molar-refractivity contribution in [3.05, 3.63) is 143 Å². The molecule has 0 fully saturated rings. The highest BCUT2D eigenvalue weighted by Gasteiger charge is 2.19. The number of esters is 1. The largest absolute Gasteiger partial charge is 0.485 e. The van der Waals surface area contributed by atoms with Crippen molar-refractivity contribution >= 4 is 29.2 Å². The fraction of sp³-hybridized carbons (Fsp3) is 0.135. The average Bonchev–Trinajstić information content (AvgIpc) is 3.07. The van der Waals surface area contributed by atoms with Crippen LogP contribution in [0.5, 0.6) is 5.75 Å². The molecule has 1 aromatic heterocycles. The van der Waals surface area contributed by atoms with E-state index in [1.807, 2.05) is 74.5 Å². The normalized spacial score (nSPS) is 10.6. The van der Waals surface area contributed by atoms with Crippen LogP contribution in [-0.4, -0.2) is 36.9 Å². The lowest BCUT2D eigenvalue weighted by molar-refractivity contribution is 0.0600. The van der Waals surface area contributed by atoms with Crippen LogP contribution < -0.4 is 15.0 Å². The van der Waals surface area contributed by atoms with Gasteiger partial charge in [-0.2, -0.15) is 0 Å². The number of carbonyl (C=O) groups is 3. The number of benzene rings is 4. The van der Waals surface area contributed by atoms with Crippen LogP contribution in [0.1, 0.15) is 47.9 Å². The molecule has 0 unspecified atom stereocenters. The van der Waals surface area contributed by atoms with Gasteiger partial charge in [0.1, 0.15) is 12.4 Å². The number of nitrogens with one attached hydrogen (secondary N) is 1. The molecule has 0 aliphatic rings. The van der Waals surface area contributed by atoms with Crippen molar-refractivity contribution in [3.8, 4) is 16.9 Å². The average molecular weight is 600 g/mol. The Balaban J connectivity index is 1.27. The molecule has 1 N–H and O–H groups in total. The highest BCUT2D eigenvalue weighted by molar-refractivity contribution is 6.09. The van der Waals surface area contributed by atoms with E-state index >= 15 is 0 Å². The van der Waals surface area contributed by atoms with E-state index in [1.165, 1.54) is 18.2 Å². The molecule has 0 atom stereocenters. The lowest BCUT2D eigenvalue weighted by atomic mass is 9.98. The van der Waals surface area contributed by atoms with Crippen LogP contribution in [0.3, 0.4) is 0 Å². The van der Waals surface area contributed by atoms with Crippen LogP contribution in [0.2, 0.25) is 0 Å². The van der Waals surface area contributed by atoms with Crippen molar-refractivity contribution in [1.29, 1.82) is 0 Å². The fourth-order valence-electron chi connectivity index (χ4n) is 4.78. The van der Waals surface area contributed by atoms with Crippen molar-refractivity contribution in [2.24, 2.45) is 0 Å². The van der Waals surface area contributed by atoms with Gasteiger partial charge in [-0.1, -0.05) is 54.1 Å². The Hall–Kier alpha value is -5.76. The summed E-state index contributed by atoms with van der Waals surface area (Å²) in [5.41, 5.74) is 7.04. The number of hydrogen-bond donors (Lipinski definition) is 1. The number of rotatable bonds is 9. The van der Waals surface area contributed by atoms with Gasteiger partial charge in [0.05, 0.1) is 24.1 Å². The summed E-state index contributed by atoms with van der Waals surface area (Å²) in [6.07, 6.45) is 1.44. The van der Waals surface area contributed by atoms with E-state index in [-0.39, 0.29) is 18.4 Å². The van der Waals surface area contributed by atoms with Crippen molar-refractivity contribution in [2.75, 3.05) is 24.4 Å². The first-order valence-electron chi connectivity index (χ1n) is 14.4. The second-order valence-electron chi connectivity index (χ2n) is 10.6. The Morgan fingerprint density at radius 2 is 1.49 bits per heavy atom. The highest BCUT2D eigenvalue weighted by atomic mass is 16.5. The molecule has 8 heteroatoms.